The van der Waals surface area contributed by atoms with Gasteiger partial charge in [0.2, 0.25) is 0 Å². The summed E-state index contributed by atoms with van der Waals surface area (Å²) >= 11 is 0. The fourth-order valence-corrected chi connectivity index (χ4v) is 2.88. The van der Waals surface area contributed by atoms with Crippen molar-refractivity contribution in [2.75, 3.05) is 27.7 Å². The van der Waals surface area contributed by atoms with Crippen LogP contribution in [0.2, 0.25) is 0 Å². The summed E-state index contributed by atoms with van der Waals surface area (Å²) in [6.45, 7) is 5.93. The lowest BCUT2D eigenvalue weighted by Gasteiger charge is -2.15. The number of imidazole rings is 1. The van der Waals surface area contributed by atoms with Gasteiger partial charge >= 0.3 is 0 Å². The summed E-state index contributed by atoms with van der Waals surface area (Å²) in [7, 11) is 5.82. The SMILES string of the molecule is COc1ccc(-c2nccn2CCN(C)C)cc1-c1nncc(C)c1C. The van der Waals surface area contributed by atoms with Crippen molar-refractivity contribution in [3.8, 4) is 28.4 Å². The molecule has 0 unspecified atom stereocenters. The summed E-state index contributed by atoms with van der Waals surface area (Å²) in [6, 6.07) is 6.10. The molecule has 136 valence electrons. The van der Waals surface area contributed by atoms with E-state index >= 15 is 0 Å². The van der Waals surface area contributed by atoms with Crippen LogP contribution in [0.5, 0.6) is 5.75 Å². The zero-order chi connectivity index (χ0) is 18.7. The number of hydrogen-bond donors (Lipinski definition) is 0. The van der Waals surface area contributed by atoms with Crippen LogP contribution in [-0.4, -0.2) is 52.4 Å². The second-order valence-corrected chi connectivity index (χ2v) is 6.66. The minimum Gasteiger partial charge on any atom is -0.496 e. The first kappa shape index (κ1) is 18.1. The number of rotatable bonds is 6. The molecule has 0 atom stereocenters. The van der Waals surface area contributed by atoms with E-state index in [0.717, 1.165) is 52.6 Å². The highest BCUT2D eigenvalue weighted by atomic mass is 16.5. The summed E-state index contributed by atoms with van der Waals surface area (Å²) in [5.41, 5.74) is 5.02. The quantitative estimate of drug-likeness (QED) is 0.683. The van der Waals surface area contributed by atoms with E-state index in [9.17, 15) is 0 Å². The van der Waals surface area contributed by atoms with Crippen molar-refractivity contribution in [1.82, 2.24) is 24.6 Å². The van der Waals surface area contributed by atoms with Crippen LogP contribution >= 0.6 is 0 Å². The van der Waals surface area contributed by atoms with E-state index in [1.807, 2.05) is 31.5 Å². The molecule has 2 heterocycles. The second-order valence-electron chi connectivity index (χ2n) is 6.66. The highest BCUT2D eigenvalue weighted by Gasteiger charge is 2.15. The van der Waals surface area contributed by atoms with Gasteiger partial charge in [-0.2, -0.15) is 10.2 Å². The highest BCUT2D eigenvalue weighted by Crippen LogP contribution is 2.34. The highest BCUT2D eigenvalue weighted by molar-refractivity contribution is 5.75. The smallest absolute Gasteiger partial charge is 0.139 e. The zero-order valence-electron chi connectivity index (χ0n) is 16.0. The largest absolute Gasteiger partial charge is 0.496 e. The third-order valence-electron chi connectivity index (χ3n) is 4.57. The number of methoxy groups -OCH3 is 1. The molecular formula is C20H25N5O. The number of nitrogens with zero attached hydrogens (tertiary/aromatic N) is 5. The van der Waals surface area contributed by atoms with Crippen LogP contribution in [0.1, 0.15) is 11.1 Å². The number of likely N-dealkylation sites (N-methyl/N-ethyl adjacent to an activating group) is 1. The summed E-state index contributed by atoms with van der Waals surface area (Å²) in [4.78, 5) is 6.72. The molecule has 2 aromatic heterocycles. The Morgan fingerprint density at radius 3 is 2.73 bits per heavy atom. The lowest BCUT2D eigenvalue weighted by Crippen LogP contribution is -2.18. The number of hydrogen-bond acceptors (Lipinski definition) is 5. The molecule has 0 bridgehead atoms. The van der Waals surface area contributed by atoms with Crippen molar-refractivity contribution >= 4 is 0 Å². The van der Waals surface area contributed by atoms with Gasteiger partial charge in [-0.15, -0.1) is 0 Å². The van der Waals surface area contributed by atoms with Crippen molar-refractivity contribution in [1.29, 1.82) is 0 Å². The van der Waals surface area contributed by atoms with Crippen molar-refractivity contribution < 1.29 is 4.74 Å². The van der Waals surface area contributed by atoms with E-state index in [4.69, 9.17) is 4.74 Å². The molecule has 26 heavy (non-hydrogen) atoms. The van der Waals surface area contributed by atoms with E-state index in [1.54, 1.807) is 13.3 Å². The molecule has 0 aliphatic rings. The van der Waals surface area contributed by atoms with Gasteiger partial charge in [0.15, 0.2) is 0 Å². The molecule has 0 aliphatic carbocycles. The number of aryl methyl sites for hydroxylation is 1. The Hall–Kier alpha value is -2.73. The molecule has 0 fully saturated rings. The molecule has 0 amide bonds. The molecule has 0 saturated heterocycles. The molecule has 3 rings (SSSR count). The predicted octanol–water partition coefficient (Wildman–Crippen LogP) is 3.19. The predicted molar refractivity (Wildman–Crippen MR) is 103 cm³/mol. The topological polar surface area (TPSA) is 56.1 Å². The van der Waals surface area contributed by atoms with Gasteiger partial charge in [-0.3, -0.25) is 0 Å². The maximum atomic E-state index is 5.57. The summed E-state index contributed by atoms with van der Waals surface area (Å²) in [6.07, 6.45) is 5.64. The summed E-state index contributed by atoms with van der Waals surface area (Å²) in [5.74, 6) is 1.72. The van der Waals surface area contributed by atoms with Gasteiger partial charge in [-0.05, 0) is 57.3 Å². The van der Waals surface area contributed by atoms with E-state index in [0.29, 0.717) is 0 Å². The van der Waals surface area contributed by atoms with Gasteiger partial charge in [0, 0.05) is 36.6 Å². The van der Waals surface area contributed by atoms with Crippen LogP contribution in [0, 0.1) is 13.8 Å². The van der Waals surface area contributed by atoms with Gasteiger partial charge in [-0.1, -0.05) is 0 Å². The molecule has 0 spiro atoms. The minimum atomic E-state index is 0.781. The van der Waals surface area contributed by atoms with Crippen molar-refractivity contribution in [3.63, 3.8) is 0 Å². The van der Waals surface area contributed by atoms with Crippen molar-refractivity contribution in [3.05, 3.63) is 47.9 Å². The molecule has 0 N–H and O–H groups in total. The third-order valence-corrected chi connectivity index (χ3v) is 4.57. The Labute approximate surface area is 154 Å². The molecular weight excluding hydrogens is 326 g/mol. The maximum absolute atomic E-state index is 5.57. The Bertz CT molecular complexity index is 901. The fraction of sp³-hybridized carbons (Fsp3) is 0.350. The summed E-state index contributed by atoms with van der Waals surface area (Å²) in [5, 5.41) is 8.48. The first-order valence-electron chi connectivity index (χ1n) is 8.64. The van der Waals surface area contributed by atoms with E-state index < -0.39 is 0 Å². The number of aromatic nitrogens is 4. The maximum Gasteiger partial charge on any atom is 0.139 e. The van der Waals surface area contributed by atoms with E-state index in [-0.39, 0.29) is 0 Å². The number of ether oxygens (including phenoxy) is 1. The van der Waals surface area contributed by atoms with Crippen molar-refractivity contribution in [2.24, 2.45) is 0 Å². The van der Waals surface area contributed by atoms with Crippen LogP contribution in [0.15, 0.2) is 36.8 Å². The first-order valence-corrected chi connectivity index (χ1v) is 8.64. The average Bonchev–Trinajstić information content (AvgIpc) is 3.10. The summed E-state index contributed by atoms with van der Waals surface area (Å²) < 4.78 is 7.74. The van der Waals surface area contributed by atoms with Gasteiger partial charge in [-0.25, -0.2) is 4.98 Å². The molecule has 1 aromatic carbocycles. The Morgan fingerprint density at radius 1 is 1.19 bits per heavy atom. The fourth-order valence-electron chi connectivity index (χ4n) is 2.88. The molecule has 0 saturated carbocycles. The molecule has 6 nitrogen and oxygen atoms in total. The molecule has 6 heteroatoms. The second kappa shape index (κ2) is 7.66. The molecule has 0 aliphatic heterocycles. The van der Waals surface area contributed by atoms with Crippen LogP contribution in [-0.2, 0) is 6.54 Å². The zero-order valence-corrected chi connectivity index (χ0v) is 16.0. The standard InChI is InChI=1S/C20H25N5O/c1-14-13-22-23-19(15(14)2)17-12-16(6-7-18(17)26-5)20-21-8-9-25(20)11-10-24(3)4/h6-9,12-13H,10-11H2,1-5H3. The average molecular weight is 351 g/mol. The van der Waals surface area contributed by atoms with Crippen LogP contribution < -0.4 is 4.74 Å². The lowest BCUT2D eigenvalue weighted by molar-refractivity contribution is 0.385. The monoisotopic (exact) mass is 351 g/mol. The van der Waals surface area contributed by atoms with Gasteiger partial charge in [0.05, 0.1) is 19.0 Å². The lowest BCUT2D eigenvalue weighted by atomic mass is 10.0. The van der Waals surface area contributed by atoms with E-state index in [2.05, 4.69) is 51.7 Å². The third kappa shape index (κ3) is 3.60. The Kier molecular flexibility index (Phi) is 5.32. The Morgan fingerprint density at radius 2 is 2.00 bits per heavy atom. The van der Waals surface area contributed by atoms with E-state index in [1.165, 1.54) is 0 Å². The van der Waals surface area contributed by atoms with Crippen molar-refractivity contribution in [2.45, 2.75) is 20.4 Å². The molecule has 0 radical (unpaired) electrons. The van der Waals surface area contributed by atoms with Crippen LogP contribution in [0.25, 0.3) is 22.6 Å². The number of benzene rings is 1. The van der Waals surface area contributed by atoms with Crippen LogP contribution in [0.3, 0.4) is 0 Å². The van der Waals surface area contributed by atoms with Gasteiger partial charge < -0.3 is 14.2 Å². The minimum absolute atomic E-state index is 0.781. The van der Waals surface area contributed by atoms with Crippen LogP contribution in [0.4, 0.5) is 0 Å². The normalized spacial score (nSPS) is 11.2. The van der Waals surface area contributed by atoms with Gasteiger partial charge in [0.25, 0.3) is 0 Å². The first-order chi connectivity index (χ1) is 12.5. The van der Waals surface area contributed by atoms with Gasteiger partial charge in [0.1, 0.15) is 11.6 Å². The Balaban J connectivity index is 2.07. The molecule has 3 aromatic rings.